The van der Waals surface area contributed by atoms with Crippen molar-refractivity contribution < 1.29 is 42.2 Å². The third kappa shape index (κ3) is 8.61. The van der Waals surface area contributed by atoms with Gasteiger partial charge in [-0.25, -0.2) is 4.79 Å². The number of rotatable bonds is 12. The van der Waals surface area contributed by atoms with Crippen LogP contribution >= 0.6 is 11.8 Å². The summed E-state index contributed by atoms with van der Waals surface area (Å²) in [6.45, 7) is -1.11. The lowest BCUT2D eigenvalue weighted by molar-refractivity contribution is -0.192. The van der Waals surface area contributed by atoms with E-state index in [4.69, 9.17) is 9.57 Å². The highest BCUT2D eigenvalue weighted by Gasteiger charge is 2.31. The number of fused-ring (bicyclic) bond motifs is 1. The number of nitrogens with zero attached hydrogens (tertiary/aromatic N) is 2. The van der Waals surface area contributed by atoms with Crippen LogP contribution in [0.3, 0.4) is 0 Å². The topological polar surface area (TPSA) is 97.7 Å². The van der Waals surface area contributed by atoms with Crippen LogP contribution in [0, 0.1) is 5.92 Å². The van der Waals surface area contributed by atoms with Gasteiger partial charge in [0.25, 0.3) is 0 Å². The van der Waals surface area contributed by atoms with E-state index in [0.717, 1.165) is 28.3 Å². The van der Waals surface area contributed by atoms with E-state index in [1.54, 1.807) is 29.2 Å². The fourth-order valence-electron chi connectivity index (χ4n) is 4.43. The summed E-state index contributed by atoms with van der Waals surface area (Å²) in [5, 5.41) is 13.3. The Bertz CT molecular complexity index is 1330. The van der Waals surface area contributed by atoms with Crippen molar-refractivity contribution >= 4 is 35.0 Å². The van der Waals surface area contributed by atoms with Gasteiger partial charge in [-0.2, -0.15) is 13.2 Å². The minimum atomic E-state index is -4.61. The number of carbonyl (C=O) groups excluding carboxylic acids is 1. The van der Waals surface area contributed by atoms with Crippen molar-refractivity contribution in [2.45, 2.75) is 30.0 Å². The number of allylic oxidation sites excluding steroid dienone is 4. The van der Waals surface area contributed by atoms with E-state index in [2.05, 4.69) is 22.0 Å². The van der Waals surface area contributed by atoms with E-state index in [1.165, 1.54) is 18.9 Å². The van der Waals surface area contributed by atoms with Crippen LogP contribution in [0.2, 0.25) is 0 Å². The van der Waals surface area contributed by atoms with Crippen molar-refractivity contribution in [3.8, 4) is 5.75 Å². The number of benzene rings is 2. The Morgan fingerprint density at radius 3 is 2.63 bits per heavy atom. The Morgan fingerprint density at radius 1 is 1.17 bits per heavy atom. The summed E-state index contributed by atoms with van der Waals surface area (Å²) in [5.74, 6) is -0.614. The molecule has 0 bridgehead atoms. The molecule has 2 atom stereocenters. The van der Waals surface area contributed by atoms with E-state index in [0.29, 0.717) is 23.6 Å². The van der Waals surface area contributed by atoms with E-state index in [9.17, 15) is 27.9 Å². The van der Waals surface area contributed by atoms with Gasteiger partial charge in [0.05, 0.1) is 23.7 Å². The second-order valence-corrected chi connectivity index (χ2v) is 10.4. The second kappa shape index (κ2) is 13.7. The molecular formula is C29H29F3N2O6S. The number of halogens is 3. The highest BCUT2D eigenvalue weighted by Crippen LogP contribution is 2.36. The van der Waals surface area contributed by atoms with Gasteiger partial charge in [-0.1, -0.05) is 41.6 Å². The van der Waals surface area contributed by atoms with Crippen LogP contribution in [0.25, 0.3) is 0 Å². The number of amides is 1. The van der Waals surface area contributed by atoms with Crippen molar-refractivity contribution in [2.75, 3.05) is 37.5 Å². The molecule has 1 aliphatic heterocycles. The summed E-state index contributed by atoms with van der Waals surface area (Å²) in [6.07, 6.45) is 2.19. The molecule has 1 amide bonds. The average molecular weight is 591 g/mol. The maximum Gasteiger partial charge on any atom is 0.411 e. The molecule has 0 aromatic heterocycles. The second-order valence-electron chi connectivity index (χ2n) is 9.34. The number of ether oxygens (including phenoxy) is 2. The van der Waals surface area contributed by atoms with Gasteiger partial charge in [0, 0.05) is 17.2 Å². The monoisotopic (exact) mass is 590 g/mol. The average Bonchev–Trinajstić information content (AvgIpc) is 2.93. The van der Waals surface area contributed by atoms with E-state index < -0.39 is 24.9 Å². The number of thioether (sulfide) groups is 1. The predicted molar refractivity (Wildman–Crippen MR) is 149 cm³/mol. The van der Waals surface area contributed by atoms with Crippen LogP contribution in [-0.2, 0) is 32.0 Å². The largest absolute Gasteiger partial charge is 0.492 e. The lowest BCUT2D eigenvalue weighted by Gasteiger charge is -2.29. The summed E-state index contributed by atoms with van der Waals surface area (Å²) in [4.78, 5) is 31.6. The molecule has 2 aliphatic rings. The van der Waals surface area contributed by atoms with Crippen LogP contribution in [-0.4, -0.2) is 67.6 Å². The SMILES string of the molecule is CON=C1C=CC=CC1Cc1ccc2c(c1)SCC(=O)N2CCOc1ccc(CC(OCC(F)(F)F)C(=O)O)cc1. The molecule has 2 aromatic rings. The van der Waals surface area contributed by atoms with Gasteiger partial charge in [-0.05, 0) is 47.9 Å². The predicted octanol–water partition coefficient (Wildman–Crippen LogP) is 5.07. The normalized spacial score (nSPS) is 18.3. The van der Waals surface area contributed by atoms with Crippen LogP contribution in [0.1, 0.15) is 11.1 Å². The number of hydrogen-bond donors (Lipinski definition) is 1. The van der Waals surface area contributed by atoms with Gasteiger partial charge in [-0.3, -0.25) is 4.79 Å². The first-order valence-corrected chi connectivity index (χ1v) is 13.8. The summed E-state index contributed by atoms with van der Waals surface area (Å²) >= 11 is 1.50. The molecule has 0 fully saturated rings. The highest BCUT2D eigenvalue weighted by atomic mass is 32.2. The van der Waals surface area contributed by atoms with Gasteiger partial charge in [0.15, 0.2) is 6.10 Å². The Labute approximate surface area is 239 Å². The Morgan fingerprint density at radius 2 is 1.93 bits per heavy atom. The minimum absolute atomic E-state index is 0.0253. The molecule has 41 heavy (non-hydrogen) atoms. The number of anilines is 1. The molecule has 0 saturated carbocycles. The first-order chi connectivity index (χ1) is 19.6. The molecule has 1 heterocycles. The molecule has 12 heteroatoms. The fourth-order valence-corrected chi connectivity index (χ4v) is 5.42. The number of carboxylic acids is 1. The smallest absolute Gasteiger partial charge is 0.411 e. The third-order valence-electron chi connectivity index (χ3n) is 6.37. The molecule has 4 rings (SSSR count). The van der Waals surface area contributed by atoms with Crippen molar-refractivity contribution in [3.05, 3.63) is 77.9 Å². The first-order valence-electron chi connectivity index (χ1n) is 12.8. The number of carbonyl (C=O) groups is 2. The molecular weight excluding hydrogens is 561 g/mol. The lowest BCUT2D eigenvalue weighted by Crippen LogP contribution is -2.38. The summed E-state index contributed by atoms with van der Waals surface area (Å²) < 4.78 is 47.5. The van der Waals surface area contributed by atoms with Crippen LogP contribution < -0.4 is 9.64 Å². The zero-order valence-electron chi connectivity index (χ0n) is 22.2. The summed E-state index contributed by atoms with van der Waals surface area (Å²) in [7, 11) is 1.52. The zero-order chi connectivity index (χ0) is 29.4. The minimum Gasteiger partial charge on any atom is -0.492 e. The lowest BCUT2D eigenvalue weighted by atomic mass is 9.91. The van der Waals surface area contributed by atoms with Gasteiger partial charge in [0.2, 0.25) is 5.91 Å². The number of carboxylic acid groups (broad SMARTS) is 1. The summed E-state index contributed by atoms with van der Waals surface area (Å²) in [6, 6.07) is 12.4. The number of alkyl halides is 3. The Hall–Kier alpha value is -3.77. The van der Waals surface area contributed by atoms with Crippen molar-refractivity contribution in [2.24, 2.45) is 11.1 Å². The standard InChI is InChI=1S/C29H29F3N2O6S/c1-38-33-23-5-3-2-4-21(23)14-20-8-11-24-26(16-20)41-17-27(35)34(24)12-13-39-22-9-6-19(7-10-22)15-25(28(36)37)40-18-29(30,31)32/h2-11,16,21,25H,12-15,17-18H2,1H3,(H,36,37). The maximum atomic E-state index is 12.7. The van der Waals surface area contributed by atoms with Crippen molar-refractivity contribution in [1.82, 2.24) is 0 Å². The molecule has 2 unspecified atom stereocenters. The van der Waals surface area contributed by atoms with Crippen LogP contribution in [0.4, 0.5) is 18.9 Å². The highest BCUT2D eigenvalue weighted by molar-refractivity contribution is 8.00. The van der Waals surface area contributed by atoms with E-state index in [1.807, 2.05) is 30.4 Å². The number of hydrogen-bond acceptors (Lipinski definition) is 7. The van der Waals surface area contributed by atoms with Gasteiger partial charge < -0.3 is 24.3 Å². The maximum absolute atomic E-state index is 12.7. The molecule has 1 aliphatic carbocycles. The summed E-state index contributed by atoms with van der Waals surface area (Å²) in [5.41, 5.74) is 3.26. The van der Waals surface area contributed by atoms with Gasteiger partial charge in [0.1, 0.15) is 26.1 Å². The number of oxime groups is 1. The Balaban J connectivity index is 1.33. The molecule has 2 aromatic carbocycles. The first kappa shape index (κ1) is 30.2. The van der Waals surface area contributed by atoms with Crippen LogP contribution in [0.15, 0.2) is 76.8 Å². The molecule has 8 nitrogen and oxygen atoms in total. The van der Waals surface area contributed by atoms with E-state index >= 15 is 0 Å². The van der Waals surface area contributed by atoms with Crippen molar-refractivity contribution in [3.63, 3.8) is 0 Å². The molecule has 218 valence electrons. The van der Waals surface area contributed by atoms with Crippen LogP contribution in [0.5, 0.6) is 5.75 Å². The van der Waals surface area contributed by atoms with Crippen molar-refractivity contribution in [1.29, 1.82) is 0 Å². The molecule has 0 radical (unpaired) electrons. The van der Waals surface area contributed by atoms with Gasteiger partial charge >= 0.3 is 12.1 Å². The molecule has 1 N–H and O–H groups in total. The zero-order valence-corrected chi connectivity index (χ0v) is 23.0. The fraction of sp³-hybridized carbons (Fsp3) is 0.345. The third-order valence-corrected chi connectivity index (χ3v) is 7.40. The molecule has 0 spiro atoms. The Kier molecular flexibility index (Phi) is 10.1. The molecule has 0 saturated heterocycles. The van der Waals surface area contributed by atoms with Gasteiger partial charge in [-0.15, -0.1) is 11.8 Å². The quantitative estimate of drug-likeness (QED) is 0.345. The van der Waals surface area contributed by atoms with E-state index in [-0.39, 0.29) is 24.9 Å². The number of aliphatic carboxylic acids is 1.